The van der Waals surface area contributed by atoms with Gasteiger partial charge >= 0.3 is 0 Å². The van der Waals surface area contributed by atoms with Crippen molar-refractivity contribution < 1.29 is 4.42 Å². The molecule has 0 unspecified atom stereocenters. The molecule has 0 spiro atoms. The number of pyridine rings is 1. The van der Waals surface area contributed by atoms with Crippen molar-refractivity contribution in [2.45, 2.75) is 19.9 Å². The molecule has 0 bridgehead atoms. The van der Waals surface area contributed by atoms with Crippen molar-refractivity contribution >= 4 is 16.9 Å². The minimum Gasteiger partial charge on any atom is -0.463 e. The van der Waals surface area contributed by atoms with Gasteiger partial charge in [0.05, 0.1) is 6.26 Å². The van der Waals surface area contributed by atoms with Gasteiger partial charge in [-0.2, -0.15) is 0 Å². The maximum atomic E-state index is 5.19. The van der Waals surface area contributed by atoms with E-state index in [-0.39, 0.29) is 0 Å². The van der Waals surface area contributed by atoms with Gasteiger partial charge in [-0.3, -0.25) is 0 Å². The number of hydrogen-bond donors (Lipinski definition) is 1. The van der Waals surface area contributed by atoms with E-state index in [9.17, 15) is 0 Å². The second-order valence-electron chi connectivity index (χ2n) is 3.30. The summed E-state index contributed by atoms with van der Waals surface area (Å²) in [6, 6.07) is 6.11. The van der Waals surface area contributed by atoms with Crippen molar-refractivity contribution in [1.82, 2.24) is 4.98 Å². The van der Waals surface area contributed by atoms with Gasteiger partial charge in [-0.15, -0.1) is 0 Å². The molecule has 0 radical (unpaired) electrons. The minimum absolute atomic E-state index is 0.400. The molecule has 0 aromatic carbocycles. The average molecular weight is 176 g/mol. The zero-order valence-corrected chi connectivity index (χ0v) is 7.74. The normalized spacial score (nSPS) is 11.0. The van der Waals surface area contributed by atoms with Crippen LogP contribution in [0.1, 0.15) is 13.8 Å². The smallest absolute Gasteiger partial charge is 0.152 e. The number of nitrogens with one attached hydrogen (secondary N) is 1. The van der Waals surface area contributed by atoms with Gasteiger partial charge in [-0.25, -0.2) is 4.98 Å². The Hall–Kier alpha value is -1.51. The van der Waals surface area contributed by atoms with Crippen molar-refractivity contribution in [3.8, 4) is 0 Å². The highest BCUT2D eigenvalue weighted by Gasteiger charge is 2.00. The van der Waals surface area contributed by atoms with Gasteiger partial charge in [0.1, 0.15) is 11.3 Å². The van der Waals surface area contributed by atoms with E-state index in [1.165, 1.54) is 0 Å². The van der Waals surface area contributed by atoms with Crippen molar-refractivity contribution in [3.05, 3.63) is 24.5 Å². The Labute approximate surface area is 76.8 Å². The molecule has 2 heterocycles. The highest BCUT2D eigenvalue weighted by molar-refractivity contribution is 5.74. The maximum absolute atomic E-state index is 5.19. The Bertz CT molecular complexity index is 406. The average Bonchev–Trinajstić information content (AvgIpc) is 2.49. The second kappa shape index (κ2) is 3.09. The Morgan fingerprint density at radius 3 is 2.92 bits per heavy atom. The molecule has 2 rings (SSSR count). The van der Waals surface area contributed by atoms with Gasteiger partial charge in [0.2, 0.25) is 0 Å². The fourth-order valence-electron chi connectivity index (χ4n) is 1.23. The molecule has 0 amide bonds. The molecule has 0 aliphatic carbocycles. The molecule has 0 saturated carbocycles. The summed E-state index contributed by atoms with van der Waals surface area (Å²) in [6.45, 7) is 4.17. The Kier molecular flexibility index (Phi) is 1.93. The Balaban J connectivity index is 2.37. The molecular formula is C10H12N2O. The van der Waals surface area contributed by atoms with Gasteiger partial charge in [-0.05, 0) is 26.0 Å². The molecule has 0 saturated heterocycles. The first-order valence-electron chi connectivity index (χ1n) is 4.36. The lowest BCUT2D eigenvalue weighted by atomic mass is 10.3. The highest BCUT2D eigenvalue weighted by atomic mass is 16.3. The van der Waals surface area contributed by atoms with Crippen LogP contribution in [0.5, 0.6) is 0 Å². The molecule has 0 aliphatic rings. The van der Waals surface area contributed by atoms with Crippen molar-refractivity contribution in [1.29, 1.82) is 0 Å². The topological polar surface area (TPSA) is 38.1 Å². The molecule has 68 valence electrons. The molecule has 3 heteroatoms. The fraction of sp³-hybridized carbons (Fsp3) is 0.300. The van der Waals surface area contributed by atoms with E-state index in [2.05, 4.69) is 24.1 Å². The zero-order valence-electron chi connectivity index (χ0n) is 7.74. The predicted molar refractivity (Wildman–Crippen MR) is 52.8 cm³/mol. The number of furan rings is 1. The summed E-state index contributed by atoms with van der Waals surface area (Å²) in [4.78, 5) is 4.37. The first kappa shape index (κ1) is 8.10. The molecule has 0 atom stereocenters. The van der Waals surface area contributed by atoms with Gasteiger partial charge < -0.3 is 9.73 Å². The number of aromatic nitrogens is 1. The summed E-state index contributed by atoms with van der Waals surface area (Å²) < 4.78 is 5.19. The van der Waals surface area contributed by atoms with Crippen LogP contribution < -0.4 is 5.32 Å². The molecule has 3 nitrogen and oxygen atoms in total. The maximum Gasteiger partial charge on any atom is 0.152 e. The standard InChI is InChI=1S/C10H12N2O/c1-7(2)11-10-4-3-9-8(12-10)5-6-13-9/h3-7H,1-2H3,(H,11,12). The van der Waals surface area contributed by atoms with Crippen molar-refractivity contribution in [2.75, 3.05) is 5.32 Å². The van der Waals surface area contributed by atoms with Gasteiger partial charge in [0.25, 0.3) is 0 Å². The SMILES string of the molecule is CC(C)Nc1ccc2occc2n1. The van der Waals surface area contributed by atoms with E-state index in [1.54, 1.807) is 6.26 Å². The third-order valence-corrected chi connectivity index (χ3v) is 1.74. The molecule has 1 N–H and O–H groups in total. The summed E-state index contributed by atoms with van der Waals surface area (Å²) in [5.41, 5.74) is 1.72. The number of hydrogen-bond acceptors (Lipinski definition) is 3. The number of rotatable bonds is 2. The quantitative estimate of drug-likeness (QED) is 0.764. The first-order chi connectivity index (χ1) is 6.25. The molecule has 0 fully saturated rings. The van der Waals surface area contributed by atoms with Crippen LogP contribution >= 0.6 is 0 Å². The largest absolute Gasteiger partial charge is 0.463 e. The second-order valence-corrected chi connectivity index (χ2v) is 3.30. The van der Waals surface area contributed by atoms with Crippen LogP contribution in [-0.2, 0) is 0 Å². The lowest BCUT2D eigenvalue weighted by molar-refractivity contribution is 0.615. The molecule has 2 aromatic heterocycles. The third-order valence-electron chi connectivity index (χ3n) is 1.74. The Morgan fingerprint density at radius 2 is 2.15 bits per heavy atom. The first-order valence-corrected chi connectivity index (χ1v) is 4.36. The van der Waals surface area contributed by atoms with Gasteiger partial charge in [0, 0.05) is 12.1 Å². The lowest BCUT2D eigenvalue weighted by Crippen LogP contribution is -2.10. The van der Waals surface area contributed by atoms with Crippen LogP contribution in [0.25, 0.3) is 11.1 Å². The van der Waals surface area contributed by atoms with E-state index in [4.69, 9.17) is 4.42 Å². The van der Waals surface area contributed by atoms with E-state index < -0.39 is 0 Å². The molecule has 2 aromatic rings. The van der Waals surface area contributed by atoms with Crippen LogP contribution in [0, 0.1) is 0 Å². The third kappa shape index (κ3) is 1.64. The summed E-state index contributed by atoms with van der Waals surface area (Å²) >= 11 is 0. The van der Waals surface area contributed by atoms with E-state index in [0.717, 1.165) is 16.9 Å². The van der Waals surface area contributed by atoms with E-state index in [1.807, 2.05) is 18.2 Å². The fourth-order valence-corrected chi connectivity index (χ4v) is 1.23. The van der Waals surface area contributed by atoms with Crippen LogP contribution in [-0.4, -0.2) is 11.0 Å². The summed E-state index contributed by atoms with van der Waals surface area (Å²) in [7, 11) is 0. The predicted octanol–water partition coefficient (Wildman–Crippen LogP) is 2.65. The number of nitrogens with zero attached hydrogens (tertiary/aromatic N) is 1. The molecule has 13 heavy (non-hydrogen) atoms. The zero-order chi connectivity index (χ0) is 9.26. The van der Waals surface area contributed by atoms with Crippen LogP contribution in [0.3, 0.4) is 0 Å². The minimum atomic E-state index is 0.400. The van der Waals surface area contributed by atoms with Crippen LogP contribution in [0.2, 0.25) is 0 Å². The molecule has 0 aliphatic heterocycles. The lowest BCUT2D eigenvalue weighted by Gasteiger charge is -2.07. The summed E-state index contributed by atoms with van der Waals surface area (Å²) in [5, 5.41) is 3.23. The summed E-state index contributed by atoms with van der Waals surface area (Å²) in [5.74, 6) is 0.893. The van der Waals surface area contributed by atoms with Crippen LogP contribution in [0.4, 0.5) is 5.82 Å². The number of anilines is 1. The van der Waals surface area contributed by atoms with Crippen LogP contribution in [0.15, 0.2) is 28.9 Å². The van der Waals surface area contributed by atoms with Crippen molar-refractivity contribution in [3.63, 3.8) is 0 Å². The monoisotopic (exact) mass is 176 g/mol. The van der Waals surface area contributed by atoms with Gasteiger partial charge in [0.15, 0.2) is 5.58 Å². The highest BCUT2D eigenvalue weighted by Crippen LogP contribution is 2.15. The van der Waals surface area contributed by atoms with Gasteiger partial charge in [-0.1, -0.05) is 0 Å². The van der Waals surface area contributed by atoms with E-state index in [0.29, 0.717) is 6.04 Å². The van der Waals surface area contributed by atoms with E-state index >= 15 is 0 Å². The number of fused-ring (bicyclic) bond motifs is 1. The molecular weight excluding hydrogens is 164 g/mol. The van der Waals surface area contributed by atoms with Crippen molar-refractivity contribution in [2.24, 2.45) is 0 Å². The Morgan fingerprint density at radius 1 is 1.31 bits per heavy atom. The summed E-state index contributed by atoms with van der Waals surface area (Å²) in [6.07, 6.45) is 1.65.